The highest BCUT2D eigenvalue weighted by Crippen LogP contribution is 2.36. The summed E-state index contributed by atoms with van der Waals surface area (Å²) in [6, 6.07) is 11.2. The molecule has 0 atom stereocenters. The molecule has 136 valence electrons. The van der Waals surface area contributed by atoms with E-state index in [2.05, 4.69) is 22.2 Å². The number of aromatic hydroxyl groups is 1. The summed E-state index contributed by atoms with van der Waals surface area (Å²) >= 11 is 7.21. The number of nitrogens with zero attached hydrogens (tertiary/aromatic N) is 2. The molecule has 1 amide bonds. The van der Waals surface area contributed by atoms with Gasteiger partial charge in [-0.2, -0.15) is 4.98 Å². The maximum atomic E-state index is 12.5. The number of fused-ring (bicyclic) bond motifs is 1. The number of aryl methyl sites for hydroxylation is 2. The molecule has 2 aromatic carbocycles. The SMILES string of the molecule is CCc1ccc2c(c1)=C(c1sc(Nc3ccc(Cl)cc3C)nc1O)C(=O)N=2. The fraction of sp³-hybridized carbons (Fsp3) is 0.150. The van der Waals surface area contributed by atoms with E-state index in [0.29, 0.717) is 26.0 Å². The lowest BCUT2D eigenvalue weighted by atomic mass is 10.1. The zero-order valence-corrected chi connectivity index (χ0v) is 16.3. The van der Waals surface area contributed by atoms with Crippen LogP contribution in [0.5, 0.6) is 5.88 Å². The molecule has 3 aromatic rings. The summed E-state index contributed by atoms with van der Waals surface area (Å²) in [4.78, 5) is 21.2. The van der Waals surface area contributed by atoms with E-state index in [1.807, 2.05) is 37.3 Å². The predicted molar refractivity (Wildman–Crippen MR) is 107 cm³/mol. The average Bonchev–Trinajstić information content (AvgIpc) is 3.15. The second-order valence-corrected chi connectivity index (χ2v) is 7.69. The molecule has 2 N–H and O–H groups in total. The highest BCUT2D eigenvalue weighted by atomic mass is 35.5. The van der Waals surface area contributed by atoms with Gasteiger partial charge >= 0.3 is 0 Å². The van der Waals surface area contributed by atoms with E-state index in [-0.39, 0.29) is 11.8 Å². The molecule has 1 aromatic heterocycles. The van der Waals surface area contributed by atoms with Gasteiger partial charge in [0.1, 0.15) is 4.88 Å². The van der Waals surface area contributed by atoms with Crippen molar-refractivity contribution in [1.29, 1.82) is 0 Å². The van der Waals surface area contributed by atoms with Gasteiger partial charge in [-0.25, -0.2) is 4.99 Å². The fourth-order valence-electron chi connectivity index (χ4n) is 3.01. The third kappa shape index (κ3) is 3.22. The molecule has 0 bridgehead atoms. The van der Waals surface area contributed by atoms with E-state index in [9.17, 15) is 9.90 Å². The van der Waals surface area contributed by atoms with Crippen LogP contribution in [0.4, 0.5) is 10.8 Å². The Morgan fingerprint density at radius 3 is 2.78 bits per heavy atom. The Morgan fingerprint density at radius 2 is 2.04 bits per heavy atom. The van der Waals surface area contributed by atoms with Crippen LogP contribution in [0.25, 0.3) is 5.57 Å². The number of hydrogen-bond donors (Lipinski definition) is 2. The molecule has 0 spiro atoms. The number of hydrogen-bond acceptors (Lipinski definition) is 5. The number of aromatic nitrogens is 1. The second-order valence-electron chi connectivity index (χ2n) is 6.25. The average molecular weight is 398 g/mol. The van der Waals surface area contributed by atoms with Gasteiger partial charge in [0.25, 0.3) is 5.91 Å². The van der Waals surface area contributed by atoms with Crippen molar-refractivity contribution in [3.05, 3.63) is 68.0 Å². The molecule has 0 fully saturated rings. The maximum absolute atomic E-state index is 12.5. The number of carbonyl (C=O) groups excluding carboxylic acids is 1. The molecule has 0 aliphatic carbocycles. The van der Waals surface area contributed by atoms with Gasteiger partial charge in [0, 0.05) is 15.9 Å². The topological polar surface area (TPSA) is 74.6 Å². The number of halogens is 1. The van der Waals surface area contributed by atoms with Crippen molar-refractivity contribution in [2.75, 3.05) is 5.32 Å². The molecule has 0 unspecified atom stereocenters. The van der Waals surface area contributed by atoms with Crippen LogP contribution in [0.3, 0.4) is 0 Å². The first-order valence-corrected chi connectivity index (χ1v) is 9.65. The van der Waals surface area contributed by atoms with Crippen LogP contribution < -0.4 is 15.9 Å². The summed E-state index contributed by atoms with van der Waals surface area (Å²) in [6.45, 7) is 3.98. The normalized spacial score (nSPS) is 12.9. The summed E-state index contributed by atoms with van der Waals surface area (Å²) in [6.07, 6.45) is 0.853. The van der Waals surface area contributed by atoms with Gasteiger partial charge in [-0.15, -0.1) is 0 Å². The lowest BCUT2D eigenvalue weighted by molar-refractivity contribution is -0.112. The third-order valence-corrected chi connectivity index (χ3v) is 5.65. The first kappa shape index (κ1) is 17.7. The summed E-state index contributed by atoms with van der Waals surface area (Å²) in [5.41, 5.74) is 3.29. The largest absolute Gasteiger partial charge is 0.492 e. The zero-order valence-electron chi connectivity index (χ0n) is 14.7. The van der Waals surface area contributed by atoms with Crippen molar-refractivity contribution in [3.63, 3.8) is 0 Å². The lowest BCUT2D eigenvalue weighted by Crippen LogP contribution is -2.23. The van der Waals surface area contributed by atoms with Crippen LogP contribution in [0, 0.1) is 6.92 Å². The van der Waals surface area contributed by atoms with Gasteiger partial charge in [0.05, 0.1) is 10.9 Å². The zero-order chi connectivity index (χ0) is 19.1. The monoisotopic (exact) mass is 397 g/mol. The predicted octanol–water partition coefficient (Wildman–Crippen LogP) is 3.48. The number of thiazole rings is 1. The number of benzene rings is 2. The molecule has 0 radical (unpaired) electrons. The molecule has 1 aliphatic rings. The number of nitrogens with one attached hydrogen (secondary N) is 1. The second kappa shape index (κ2) is 6.79. The Balaban J connectivity index is 1.79. The van der Waals surface area contributed by atoms with Crippen molar-refractivity contribution in [2.45, 2.75) is 20.3 Å². The van der Waals surface area contributed by atoms with E-state index in [1.54, 1.807) is 6.07 Å². The Hall–Kier alpha value is -2.70. The number of rotatable bonds is 4. The van der Waals surface area contributed by atoms with Crippen LogP contribution in [-0.2, 0) is 11.2 Å². The minimum absolute atomic E-state index is 0.178. The Bertz CT molecular complexity index is 1200. The van der Waals surface area contributed by atoms with Crippen LogP contribution >= 0.6 is 22.9 Å². The van der Waals surface area contributed by atoms with E-state index in [0.717, 1.165) is 28.5 Å². The van der Waals surface area contributed by atoms with Crippen LogP contribution in [0.1, 0.15) is 22.9 Å². The molecule has 0 saturated heterocycles. The highest BCUT2D eigenvalue weighted by molar-refractivity contribution is 7.17. The van der Waals surface area contributed by atoms with Crippen molar-refractivity contribution >= 4 is 45.2 Å². The van der Waals surface area contributed by atoms with Gasteiger partial charge in [-0.3, -0.25) is 4.79 Å². The lowest BCUT2D eigenvalue weighted by Gasteiger charge is -2.06. The smallest absolute Gasteiger partial charge is 0.279 e. The molecular formula is C20H16ClN3O2S. The number of anilines is 2. The molecule has 0 saturated carbocycles. The maximum Gasteiger partial charge on any atom is 0.279 e. The van der Waals surface area contributed by atoms with Gasteiger partial charge in [-0.1, -0.05) is 35.9 Å². The summed E-state index contributed by atoms with van der Waals surface area (Å²) in [7, 11) is 0. The minimum atomic E-state index is -0.355. The molecule has 5 nitrogen and oxygen atoms in total. The van der Waals surface area contributed by atoms with Crippen LogP contribution in [0.2, 0.25) is 5.02 Å². The van der Waals surface area contributed by atoms with Gasteiger partial charge in [0.15, 0.2) is 5.13 Å². The quantitative estimate of drug-likeness (QED) is 0.706. The first-order chi connectivity index (χ1) is 13.0. The molecule has 2 heterocycles. The number of amides is 1. The standard InChI is InChI=1S/C20H16ClN3O2S/c1-3-11-4-6-15-13(9-11)16(18(25)22-15)17-19(26)24-20(27-17)23-14-7-5-12(21)8-10(14)2/h4-9,26H,3H2,1-2H3,(H,23,24). The fourth-order valence-corrected chi connectivity index (χ4v) is 4.16. The van der Waals surface area contributed by atoms with Gasteiger partial charge < -0.3 is 10.4 Å². The van der Waals surface area contributed by atoms with E-state index in [4.69, 9.17) is 11.6 Å². The van der Waals surface area contributed by atoms with Crippen LogP contribution in [-0.4, -0.2) is 16.0 Å². The first-order valence-electron chi connectivity index (χ1n) is 8.46. The van der Waals surface area contributed by atoms with E-state index in [1.165, 1.54) is 11.3 Å². The van der Waals surface area contributed by atoms with Crippen molar-refractivity contribution in [1.82, 2.24) is 4.98 Å². The Kier molecular flexibility index (Phi) is 4.45. The highest BCUT2D eigenvalue weighted by Gasteiger charge is 2.25. The van der Waals surface area contributed by atoms with Crippen molar-refractivity contribution in [2.24, 2.45) is 4.99 Å². The van der Waals surface area contributed by atoms with Crippen molar-refractivity contribution in [3.8, 4) is 5.88 Å². The molecule has 7 heteroatoms. The Labute approximate surface area is 164 Å². The minimum Gasteiger partial charge on any atom is -0.492 e. The van der Waals surface area contributed by atoms with E-state index >= 15 is 0 Å². The molecule has 1 aliphatic heterocycles. The molecular weight excluding hydrogens is 382 g/mol. The molecule has 4 rings (SSSR count). The van der Waals surface area contributed by atoms with Crippen molar-refractivity contribution < 1.29 is 9.90 Å². The van der Waals surface area contributed by atoms with Crippen LogP contribution in [0.15, 0.2) is 41.4 Å². The third-order valence-electron chi connectivity index (χ3n) is 4.44. The summed E-state index contributed by atoms with van der Waals surface area (Å²) in [5.74, 6) is -0.533. The van der Waals surface area contributed by atoms with Gasteiger partial charge in [0.2, 0.25) is 5.88 Å². The van der Waals surface area contributed by atoms with E-state index < -0.39 is 0 Å². The molecule has 27 heavy (non-hydrogen) atoms. The summed E-state index contributed by atoms with van der Waals surface area (Å²) in [5, 5.41) is 16.1. The Morgan fingerprint density at radius 1 is 1.22 bits per heavy atom. The van der Waals surface area contributed by atoms with Gasteiger partial charge in [-0.05, 0) is 54.8 Å². The number of carbonyl (C=O) groups is 1. The summed E-state index contributed by atoms with van der Waals surface area (Å²) < 4.78 is 0.